The smallest absolute Gasteiger partial charge is 0.264 e. The maximum atomic E-state index is 12.8. The van der Waals surface area contributed by atoms with E-state index in [1.807, 2.05) is 30.3 Å². The second-order valence-corrected chi connectivity index (χ2v) is 8.80. The van der Waals surface area contributed by atoms with Gasteiger partial charge in [0.05, 0.1) is 17.2 Å². The van der Waals surface area contributed by atoms with Gasteiger partial charge in [0.2, 0.25) is 11.8 Å². The minimum absolute atomic E-state index is 0.0975. The fraction of sp³-hybridized carbons (Fsp3) is 0.120. The van der Waals surface area contributed by atoms with Crippen LogP contribution in [-0.4, -0.2) is 38.7 Å². The molecule has 0 saturated heterocycles. The number of methoxy groups -OCH3 is 1. The quantitative estimate of drug-likeness (QED) is 0.329. The van der Waals surface area contributed by atoms with Gasteiger partial charge in [0, 0.05) is 18.7 Å². The van der Waals surface area contributed by atoms with Crippen molar-refractivity contribution in [2.75, 3.05) is 25.0 Å². The summed E-state index contributed by atoms with van der Waals surface area (Å²) < 4.78 is 44.5. The summed E-state index contributed by atoms with van der Waals surface area (Å²) in [4.78, 5) is 8.78. The van der Waals surface area contributed by atoms with Crippen molar-refractivity contribution in [2.24, 2.45) is 0 Å². The molecule has 34 heavy (non-hydrogen) atoms. The van der Waals surface area contributed by atoms with Crippen molar-refractivity contribution < 1.29 is 22.6 Å². The molecule has 0 aliphatic rings. The van der Waals surface area contributed by atoms with Crippen LogP contribution in [0.25, 0.3) is 11.3 Å². The molecule has 0 unspecified atom stereocenters. The van der Waals surface area contributed by atoms with E-state index in [4.69, 9.17) is 14.2 Å². The maximum Gasteiger partial charge on any atom is 0.264 e. The van der Waals surface area contributed by atoms with Crippen molar-refractivity contribution in [3.05, 3.63) is 91.0 Å². The summed E-state index contributed by atoms with van der Waals surface area (Å²) in [6.45, 7) is 0.928. The molecule has 3 aromatic carbocycles. The molecule has 0 amide bonds. The van der Waals surface area contributed by atoms with Crippen LogP contribution in [-0.2, 0) is 14.8 Å². The van der Waals surface area contributed by atoms with Crippen molar-refractivity contribution in [3.8, 4) is 28.6 Å². The van der Waals surface area contributed by atoms with E-state index in [9.17, 15) is 8.42 Å². The third-order valence-corrected chi connectivity index (χ3v) is 6.00. The van der Waals surface area contributed by atoms with Crippen molar-refractivity contribution in [1.82, 2.24) is 9.97 Å². The first-order valence-corrected chi connectivity index (χ1v) is 11.9. The van der Waals surface area contributed by atoms with Crippen LogP contribution in [0.1, 0.15) is 0 Å². The number of rotatable bonds is 10. The topological polar surface area (TPSA) is 99.6 Å². The van der Waals surface area contributed by atoms with Gasteiger partial charge >= 0.3 is 0 Å². The number of benzene rings is 3. The highest BCUT2D eigenvalue weighted by Gasteiger charge is 2.17. The lowest BCUT2D eigenvalue weighted by Crippen LogP contribution is -2.15. The van der Waals surface area contributed by atoms with Crippen molar-refractivity contribution in [3.63, 3.8) is 0 Å². The van der Waals surface area contributed by atoms with Crippen molar-refractivity contribution >= 4 is 16.0 Å². The average molecular weight is 478 g/mol. The first-order valence-electron chi connectivity index (χ1n) is 10.5. The van der Waals surface area contributed by atoms with Crippen molar-refractivity contribution in [2.45, 2.75) is 4.90 Å². The Balaban J connectivity index is 1.62. The number of aromatic nitrogens is 2. The van der Waals surface area contributed by atoms with Crippen LogP contribution < -0.4 is 14.2 Å². The number of nitrogens with zero attached hydrogens (tertiary/aromatic N) is 2. The standard InChI is InChI=1S/C25H23N3O5S/c1-31-16-17-32-20-12-14-21(15-13-20)33-24-18-23(19-8-4-2-5-9-19)26-25(27-24)28-34(29,30)22-10-6-3-7-11-22/h2-15,18H,16-17H2,1H3,(H,26,27,28). The molecule has 4 aromatic rings. The number of sulfonamides is 1. The second kappa shape index (κ2) is 10.8. The molecule has 8 nitrogen and oxygen atoms in total. The first kappa shape index (κ1) is 23.2. The van der Waals surface area contributed by atoms with E-state index in [1.54, 1.807) is 55.6 Å². The zero-order valence-corrected chi connectivity index (χ0v) is 19.2. The Morgan fingerprint density at radius 1 is 0.794 bits per heavy atom. The fourth-order valence-corrected chi connectivity index (χ4v) is 3.99. The van der Waals surface area contributed by atoms with Crippen LogP contribution in [0.2, 0.25) is 0 Å². The summed E-state index contributed by atoms with van der Waals surface area (Å²) in [5, 5.41) is 0. The Bertz CT molecular complexity index is 1320. The molecule has 4 rings (SSSR count). The lowest BCUT2D eigenvalue weighted by Gasteiger charge is -2.12. The molecule has 1 N–H and O–H groups in total. The highest BCUT2D eigenvalue weighted by Crippen LogP contribution is 2.28. The molecule has 1 heterocycles. The fourth-order valence-electron chi connectivity index (χ4n) is 3.03. The molecular weight excluding hydrogens is 454 g/mol. The molecule has 0 spiro atoms. The van der Waals surface area contributed by atoms with Gasteiger partial charge in [-0.2, -0.15) is 4.98 Å². The summed E-state index contributed by atoms with van der Waals surface area (Å²) >= 11 is 0. The number of anilines is 1. The Labute approximate surface area is 198 Å². The first-order chi connectivity index (χ1) is 16.5. The summed E-state index contributed by atoms with van der Waals surface area (Å²) in [7, 11) is -2.26. The zero-order chi connectivity index (χ0) is 23.8. The van der Waals surface area contributed by atoms with Gasteiger partial charge in [0.1, 0.15) is 18.1 Å². The molecule has 0 aliphatic carbocycles. The molecule has 0 bridgehead atoms. The van der Waals surface area contributed by atoms with Crippen LogP contribution in [0.4, 0.5) is 5.95 Å². The van der Waals surface area contributed by atoms with E-state index in [-0.39, 0.29) is 16.7 Å². The second-order valence-electron chi connectivity index (χ2n) is 7.11. The van der Waals surface area contributed by atoms with Crippen LogP contribution in [0.15, 0.2) is 95.9 Å². The van der Waals surface area contributed by atoms with Crippen molar-refractivity contribution in [1.29, 1.82) is 0 Å². The largest absolute Gasteiger partial charge is 0.491 e. The Hall–Kier alpha value is -3.95. The van der Waals surface area contributed by atoms with E-state index in [0.717, 1.165) is 5.56 Å². The molecule has 174 valence electrons. The van der Waals surface area contributed by atoms with Crippen LogP contribution >= 0.6 is 0 Å². The predicted octanol–water partition coefficient (Wildman–Crippen LogP) is 4.76. The number of ether oxygens (including phenoxy) is 3. The Morgan fingerprint density at radius 3 is 2.12 bits per heavy atom. The van der Waals surface area contributed by atoms with E-state index in [1.165, 1.54) is 12.1 Å². The van der Waals surface area contributed by atoms with Gasteiger partial charge in [-0.25, -0.2) is 18.1 Å². The highest BCUT2D eigenvalue weighted by molar-refractivity contribution is 7.92. The average Bonchev–Trinajstić information content (AvgIpc) is 2.86. The Kier molecular flexibility index (Phi) is 7.36. The van der Waals surface area contributed by atoms with E-state index in [2.05, 4.69) is 14.7 Å². The van der Waals surface area contributed by atoms with Gasteiger partial charge in [-0.3, -0.25) is 0 Å². The molecule has 0 atom stereocenters. The molecule has 0 radical (unpaired) electrons. The third kappa shape index (κ3) is 6.09. The molecule has 9 heteroatoms. The van der Waals surface area contributed by atoms with Gasteiger partial charge in [0.15, 0.2) is 0 Å². The van der Waals surface area contributed by atoms with E-state index >= 15 is 0 Å². The van der Waals surface area contributed by atoms with Gasteiger partial charge in [-0.15, -0.1) is 0 Å². The molecule has 1 aromatic heterocycles. The Morgan fingerprint density at radius 2 is 1.44 bits per heavy atom. The zero-order valence-electron chi connectivity index (χ0n) is 18.4. The lowest BCUT2D eigenvalue weighted by atomic mass is 10.1. The minimum Gasteiger partial charge on any atom is -0.491 e. The van der Waals surface area contributed by atoms with Gasteiger partial charge in [-0.1, -0.05) is 48.5 Å². The number of hydrogen-bond acceptors (Lipinski definition) is 7. The molecule has 0 saturated carbocycles. The van der Waals surface area contributed by atoms with Crippen LogP contribution in [0.3, 0.4) is 0 Å². The van der Waals surface area contributed by atoms with Crippen LogP contribution in [0.5, 0.6) is 17.4 Å². The predicted molar refractivity (Wildman–Crippen MR) is 129 cm³/mol. The van der Waals surface area contributed by atoms with Gasteiger partial charge in [0.25, 0.3) is 10.0 Å². The summed E-state index contributed by atoms with van der Waals surface area (Å²) in [5.74, 6) is 1.27. The molecule has 0 aliphatic heterocycles. The monoisotopic (exact) mass is 477 g/mol. The molecular formula is C25H23N3O5S. The number of nitrogens with one attached hydrogen (secondary N) is 1. The third-order valence-electron chi connectivity index (χ3n) is 4.65. The van der Waals surface area contributed by atoms with Gasteiger partial charge < -0.3 is 14.2 Å². The maximum absolute atomic E-state index is 12.8. The summed E-state index contributed by atoms with van der Waals surface area (Å²) in [5.41, 5.74) is 1.30. The van der Waals surface area contributed by atoms with Gasteiger partial charge in [-0.05, 0) is 36.4 Å². The molecule has 0 fully saturated rings. The van der Waals surface area contributed by atoms with E-state index < -0.39 is 10.0 Å². The summed E-state index contributed by atoms with van der Waals surface area (Å²) in [6.07, 6.45) is 0. The van der Waals surface area contributed by atoms with Crippen LogP contribution in [0, 0.1) is 0 Å². The van der Waals surface area contributed by atoms with E-state index in [0.29, 0.717) is 30.4 Å². The summed E-state index contributed by atoms with van der Waals surface area (Å²) in [6, 6.07) is 26.0. The highest BCUT2D eigenvalue weighted by atomic mass is 32.2. The normalized spacial score (nSPS) is 11.1. The minimum atomic E-state index is -3.88. The lowest BCUT2D eigenvalue weighted by molar-refractivity contribution is 0.146. The SMILES string of the molecule is COCCOc1ccc(Oc2cc(-c3ccccc3)nc(NS(=O)(=O)c3ccccc3)n2)cc1. The number of hydrogen-bond donors (Lipinski definition) is 1.